The van der Waals surface area contributed by atoms with Gasteiger partial charge in [0.05, 0.1) is 6.04 Å². The molecular weight excluding hydrogens is 258 g/mol. The Labute approximate surface area is 123 Å². The first-order valence-electron chi connectivity index (χ1n) is 7.90. The van der Waals surface area contributed by atoms with E-state index in [1.807, 2.05) is 0 Å². The van der Waals surface area contributed by atoms with E-state index in [4.69, 9.17) is 0 Å². The Morgan fingerprint density at radius 1 is 1.16 bits per heavy atom. The molecule has 0 aliphatic heterocycles. The summed E-state index contributed by atoms with van der Waals surface area (Å²) in [5, 5.41) is 3.41. The zero-order valence-corrected chi connectivity index (χ0v) is 13.1. The van der Waals surface area contributed by atoms with Gasteiger partial charge in [-0.05, 0) is 76.2 Å². The molecule has 4 rings (SSSR count). The predicted molar refractivity (Wildman–Crippen MR) is 80.6 cm³/mol. The van der Waals surface area contributed by atoms with E-state index in [1.165, 1.54) is 38.5 Å². The van der Waals surface area contributed by atoms with Crippen molar-refractivity contribution in [3.63, 3.8) is 0 Å². The van der Waals surface area contributed by atoms with Crippen LogP contribution in [0.15, 0.2) is 0 Å². The second-order valence-electron chi connectivity index (χ2n) is 7.24. The van der Waals surface area contributed by atoms with E-state index in [9.17, 15) is 4.79 Å². The summed E-state index contributed by atoms with van der Waals surface area (Å²) in [6.07, 6.45) is 8.98. The number of rotatable bonds is 5. The molecule has 110 valence electrons. The lowest BCUT2D eigenvalue weighted by atomic mass is 9.48. The number of ketones is 1. The second kappa shape index (κ2) is 5.73. The molecule has 19 heavy (non-hydrogen) atoms. The zero-order chi connectivity index (χ0) is 12.8. The molecule has 0 saturated heterocycles. The molecule has 4 fully saturated rings. The van der Waals surface area contributed by atoms with Crippen LogP contribution in [0.4, 0.5) is 0 Å². The van der Waals surface area contributed by atoms with Gasteiger partial charge in [-0.3, -0.25) is 4.79 Å². The first kappa shape index (κ1) is 15.3. The van der Waals surface area contributed by atoms with Crippen LogP contribution in [0, 0.1) is 23.2 Å². The van der Waals surface area contributed by atoms with Gasteiger partial charge in [-0.1, -0.05) is 6.92 Å². The summed E-state index contributed by atoms with van der Waals surface area (Å²) in [5.41, 5.74) is 0.0783. The van der Waals surface area contributed by atoms with Crippen molar-refractivity contribution in [3.8, 4) is 0 Å². The molecular formula is C16H28ClNO. The molecule has 0 aromatic carbocycles. The van der Waals surface area contributed by atoms with Crippen molar-refractivity contribution in [1.82, 2.24) is 5.32 Å². The van der Waals surface area contributed by atoms with Crippen LogP contribution in [-0.4, -0.2) is 18.4 Å². The third-order valence-corrected chi connectivity index (χ3v) is 5.65. The minimum absolute atomic E-state index is 0. The average molecular weight is 286 g/mol. The van der Waals surface area contributed by atoms with Crippen molar-refractivity contribution in [3.05, 3.63) is 0 Å². The summed E-state index contributed by atoms with van der Waals surface area (Å²) in [6, 6.07) is 0.0706. The zero-order valence-electron chi connectivity index (χ0n) is 12.3. The maximum absolute atomic E-state index is 12.8. The topological polar surface area (TPSA) is 29.1 Å². The van der Waals surface area contributed by atoms with Gasteiger partial charge in [0.25, 0.3) is 0 Å². The highest BCUT2D eigenvalue weighted by atomic mass is 35.5. The van der Waals surface area contributed by atoms with Gasteiger partial charge in [-0.25, -0.2) is 0 Å². The summed E-state index contributed by atoms with van der Waals surface area (Å²) in [5.74, 6) is 3.16. The van der Waals surface area contributed by atoms with Crippen molar-refractivity contribution in [2.24, 2.45) is 23.2 Å². The lowest BCUT2D eigenvalue weighted by molar-refractivity contribution is -0.145. The normalized spacial score (nSPS) is 40.8. The van der Waals surface area contributed by atoms with Crippen molar-refractivity contribution < 1.29 is 4.79 Å². The van der Waals surface area contributed by atoms with Gasteiger partial charge in [-0.2, -0.15) is 0 Å². The Balaban J connectivity index is 0.00000133. The minimum atomic E-state index is 0. The highest BCUT2D eigenvalue weighted by Crippen LogP contribution is 2.60. The monoisotopic (exact) mass is 285 g/mol. The average Bonchev–Trinajstić information content (AvgIpc) is 2.33. The number of nitrogens with one attached hydrogen (secondary N) is 1. The fourth-order valence-corrected chi connectivity index (χ4v) is 5.33. The van der Waals surface area contributed by atoms with E-state index >= 15 is 0 Å². The number of carbonyl (C=O) groups is 1. The lowest BCUT2D eigenvalue weighted by Gasteiger charge is -2.56. The number of halogens is 1. The van der Waals surface area contributed by atoms with E-state index in [-0.39, 0.29) is 23.9 Å². The van der Waals surface area contributed by atoms with Gasteiger partial charge in [-0.15, -0.1) is 12.4 Å². The SMILES string of the molecule is CCCNC(C)C(=O)C12CC3CC(CC(C3)C1)C2.Cl. The highest BCUT2D eigenvalue weighted by molar-refractivity contribution is 5.89. The number of Topliss-reactive ketones (excluding diaryl/α,β-unsaturated/α-hetero) is 1. The van der Waals surface area contributed by atoms with Crippen LogP contribution < -0.4 is 5.32 Å². The smallest absolute Gasteiger partial charge is 0.155 e. The van der Waals surface area contributed by atoms with Crippen molar-refractivity contribution in [2.75, 3.05) is 6.54 Å². The molecule has 1 N–H and O–H groups in total. The molecule has 0 radical (unpaired) electrons. The largest absolute Gasteiger partial charge is 0.308 e. The van der Waals surface area contributed by atoms with Gasteiger partial charge >= 0.3 is 0 Å². The van der Waals surface area contributed by atoms with E-state index < -0.39 is 0 Å². The minimum Gasteiger partial charge on any atom is -0.308 e. The van der Waals surface area contributed by atoms with Gasteiger partial charge in [0.15, 0.2) is 5.78 Å². The molecule has 0 aromatic heterocycles. The maximum atomic E-state index is 12.8. The highest BCUT2D eigenvalue weighted by Gasteiger charge is 2.54. The molecule has 4 aliphatic carbocycles. The molecule has 4 saturated carbocycles. The molecule has 2 nitrogen and oxygen atoms in total. The molecule has 4 bridgehead atoms. The number of carbonyl (C=O) groups excluding carboxylic acids is 1. The number of hydrogen-bond donors (Lipinski definition) is 1. The number of hydrogen-bond acceptors (Lipinski definition) is 2. The van der Waals surface area contributed by atoms with Crippen LogP contribution in [0.25, 0.3) is 0 Å². The summed E-state index contributed by atoms with van der Waals surface area (Å²) in [7, 11) is 0. The lowest BCUT2D eigenvalue weighted by Crippen LogP contribution is -2.54. The van der Waals surface area contributed by atoms with Crippen LogP contribution in [-0.2, 0) is 4.79 Å². The molecule has 4 aliphatic rings. The molecule has 3 heteroatoms. The van der Waals surface area contributed by atoms with Crippen LogP contribution >= 0.6 is 12.4 Å². The summed E-state index contributed by atoms with van der Waals surface area (Å²) >= 11 is 0. The van der Waals surface area contributed by atoms with E-state index in [1.54, 1.807) is 0 Å². The van der Waals surface area contributed by atoms with Gasteiger partial charge in [0.2, 0.25) is 0 Å². The fourth-order valence-electron chi connectivity index (χ4n) is 5.33. The van der Waals surface area contributed by atoms with Gasteiger partial charge in [0, 0.05) is 5.41 Å². The van der Waals surface area contributed by atoms with E-state index in [2.05, 4.69) is 19.2 Å². The third kappa shape index (κ3) is 2.71. The third-order valence-electron chi connectivity index (χ3n) is 5.65. The molecule has 0 heterocycles. The second-order valence-corrected chi connectivity index (χ2v) is 7.24. The van der Waals surface area contributed by atoms with Gasteiger partial charge in [0.1, 0.15) is 0 Å². The molecule has 0 aromatic rings. The summed E-state index contributed by atoms with van der Waals surface area (Å²) < 4.78 is 0. The van der Waals surface area contributed by atoms with Crippen molar-refractivity contribution in [1.29, 1.82) is 0 Å². The van der Waals surface area contributed by atoms with Crippen LogP contribution in [0.3, 0.4) is 0 Å². The standard InChI is InChI=1S/C16H27NO.ClH/c1-3-4-17-11(2)15(18)16-8-12-5-13(9-16)7-14(6-12)10-16;/h11-14,17H,3-10H2,1-2H3;1H. The Bertz CT molecular complexity index is 306. The molecule has 1 unspecified atom stereocenters. The molecule has 1 atom stereocenters. The summed E-state index contributed by atoms with van der Waals surface area (Å²) in [6.45, 7) is 5.21. The van der Waals surface area contributed by atoms with Crippen LogP contribution in [0.2, 0.25) is 0 Å². The maximum Gasteiger partial charge on any atom is 0.155 e. The van der Waals surface area contributed by atoms with E-state index in [0.717, 1.165) is 30.7 Å². The Hall–Kier alpha value is -0.0800. The van der Waals surface area contributed by atoms with Crippen molar-refractivity contribution >= 4 is 18.2 Å². The Morgan fingerprint density at radius 3 is 2.05 bits per heavy atom. The summed E-state index contributed by atoms with van der Waals surface area (Å²) in [4.78, 5) is 12.8. The first-order chi connectivity index (χ1) is 8.63. The van der Waals surface area contributed by atoms with Crippen LogP contribution in [0.1, 0.15) is 58.8 Å². The molecule has 0 spiro atoms. The van der Waals surface area contributed by atoms with Crippen LogP contribution in [0.5, 0.6) is 0 Å². The van der Waals surface area contributed by atoms with Gasteiger partial charge < -0.3 is 5.32 Å². The van der Waals surface area contributed by atoms with Crippen molar-refractivity contribution in [2.45, 2.75) is 64.8 Å². The van der Waals surface area contributed by atoms with E-state index in [0.29, 0.717) is 5.78 Å². The fraction of sp³-hybridized carbons (Fsp3) is 0.938. The predicted octanol–water partition coefficient (Wildman–Crippen LogP) is 3.58. The Kier molecular flexibility index (Phi) is 4.62. The Morgan fingerprint density at radius 2 is 1.63 bits per heavy atom. The molecule has 0 amide bonds. The quantitative estimate of drug-likeness (QED) is 0.836. The first-order valence-corrected chi connectivity index (χ1v) is 7.90.